The molecule has 0 spiro atoms. The number of nitrogens with one attached hydrogen (secondary N) is 2. The van der Waals surface area contributed by atoms with Crippen molar-refractivity contribution in [2.45, 2.75) is 26.1 Å². The number of carbonyl (C=O) groups excluding carboxylic acids is 1. The van der Waals surface area contributed by atoms with Gasteiger partial charge in [0.1, 0.15) is 6.54 Å². The number of benzene rings is 1. The summed E-state index contributed by atoms with van der Waals surface area (Å²) in [5.41, 5.74) is 0.988. The van der Waals surface area contributed by atoms with Gasteiger partial charge in [-0.05, 0) is 36.8 Å². The van der Waals surface area contributed by atoms with Crippen molar-refractivity contribution in [3.05, 3.63) is 45.1 Å². The van der Waals surface area contributed by atoms with Gasteiger partial charge in [-0.3, -0.25) is 4.79 Å². The van der Waals surface area contributed by atoms with E-state index in [2.05, 4.69) is 5.32 Å². The minimum Gasteiger partial charge on any atom is -0.454 e. The molecule has 2 heterocycles. The molecule has 7 heteroatoms. The number of hydrogen-bond donors (Lipinski definition) is 2. The second-order valence-corrected chi connectivity index (χ2v) is 7.66. The van der Waals surface area contributed by atoms with Crippen molar-refractivity contribution < 1.29 is 19.2 Å². The van der Waals surface area contributed by atoms with Crippen LogP contribution < -0.4 is 19.7 Å². The van der Waals surface area contributed by atoms with Gasteiger partial charge < -0.3 is 19.7 Å². The number of halogens is 1. The molecular formula is C17H20ClN2O3S+. The Hall–Kier alpha value is -1.76. The zero-order valence-corrected chi connectivity index (χ0v) is 15.2. The second kappa shape index (κ2) is 7.42. The number of quaternary nitrogens is 1. The average molecular weight is 368 g/mol. The summed E-state index contributed by atoms with van der Waals surface area (Å²) in [6.45, 7) is 3.43. The van der Waals surface area contributed by atoms with E-state index in [-0.39, 0.29) is 18.7 Å². The highest BCUT2D eigenvalue weighted by Gasteiger charge is 2.22. The van der Waals surface area contributed by atoms with Gasteiger partial charge in [0.15, 0.2) is 17.5 Å². The van der Waals surface area contributed by atoms with E-state index in [1.165, 1.54) is 4.88 Å². The molecule has 3 rings (SSSR count). The fourth-order valence-corrected chi connectivity index (χ4v) is 3.67. The fraction of sp³-hybridized carbons (Fsp3) is 0.353. The third-order valence-electron chi connectivity index (χ3n) is 4.12. The van der Waals surface area contributed by atoms with Crippen molar-refractivity contribution in [3.8, 4) is 11.5 Å². The van der Waals surface area contributed by atoms with Gasteiger partial charge in [0.2, 0.25) is 6.79 Å². The molecule has 2 N–H and O–H groups in total. The van der Waals surface area contributed by atoms with E-state index in [4.69, 9.17) is 21.1 Å². The van der Waals surface area contributed by atoms with Gasteiger partial charge in [0.25, 0.3) is 5.91 Å². The van der Waals surface area contributed by atoms with Crippen molar-refractivity contribution in [2.24, 2.45) is 0 Å². The maximum Gasteiger partial charge on any atom is 0.278 e. The largest absolute Gasteiger partial charge is 0.454 e. The molecule has 2 atom stereocenters. The van der Waals surface area contributed by atoms with Gasteiger partial charge in [0, 0.05) is 6.54 Å². The zero-order chi connectivity index (χ0) is 17.1. The lowest BCUT2D eigenvalue weighted by Crippen LogP contribution is -3.12. The van der Waals surface area contributed by atoms with Crippen LogP contribution in [-0.4, -0.2) is 25.8 Å². The first-order chi connectivity index (χ1) is 11.5. The van der Waals surface area contributed by atoms with Crippen LogP contribution in [0.2, 0.25) is 4.34 Å². The van der Waals surface area contributed by atoms with Crippen LogP contribution in [0.3, 0.4) is 0 Å². The van der Waals surface area contributed by atoms with E-state index < -0.39 is 0 Å². The molecule has 0 radical (unpaired) electrons. The summed E-state index contributed by atoms with van der Waals surface area (Å²) in [5, 5.41) is 2.98. The van der Waals surface area contributed by atoms with Crippen LogP contribution in [0.15, 0.2) is 30.3 Å². The molecule has 0 saturated heterocycles. The monoisotopic (exact) mass is 367 g/mol. The molecule has 2 aromatic rings. The molecular weight excluding hydrogens is 348 g/mol. The molecule has 0 bridgehead atoms. The summed E-state index contributed by atoms with van der Waals surface area (Å²) in [6, 6.07) is 9.44. The minimum absolute atomic E-state index is 0.0211. The lowest BCUT2D eigenvalue weighted by atomic mass is 10.2. The normalized spacial score (nSPS) is 15.1. The highest BCUT2D eigenvalue weighted by Crippen LogP contribution is 2.32. The number of ether oxygens (including phenoxy) is 2. The maximum absolute atomic E-state index is 12.4. The van der Waals surface area contributed by atoms with Crippen molar-refractivity contribution in [1.82, 2.24) is 5.32 Å². The Bertz CT molecular complexity index is 734. The number of carbonyl (C=O) groups is 1. The van der Waals surface area contributed by atoms with Crippen molar-refractivity contribution in [3.63, 3.8) is 0 Å². The lowest BCUT2D eigenvalue weighted by molar-refractivity contribution is -0.907. The smallest absolute Gasteiger partial charge is 0.278 e. The molecule has 1 aromatic carbocycles. The third kappa shape index (κ3) is 4.01. The van der Waals surface area contributed by atoms with Crippen LogP contribution >= 0.6 is 22.9 Å². The first kappa shape index (κ1) is 17.1. The Morgan fingerprint density at radius 3 is 2.88 bits per heavy atom. The lowest BCUT2D eigenvalue weighted by Gasteiger charge is -2.20. The number of fused-ring (bicyclic) bond motifs is 1. The van der Waals surface area contributed by atoms with Crippen LogP contribution in [0.5, 0.6) is 11.5 Å². The van der Waals surface area contributed by atoms with Gasteiger partial charge in [0.05, 0.1) is 16.3 Å². The van der Waals surface area contributed by atoms with Gasteiger partial charge in [-0.25, -0.2) is 0 Å². The molecule has 5 nitrogen and oxygen atoms in total. The molecule has 24 heavy (non-hydrogen) atoms. The maximum atomic E-state index is 12.4. The molecule has 0 saturated carbocycles. The van der Waals surface area contributed by atoms with Gasteiger partial charge >= 0.3 is 0 Å². The topological polar surface area (TPSA) is 52.0 Å². The number of amides is 1. The molecule has 1 aromatic heterocycles. The standard InChI is InChI=1S/C17H19ClN2O3S/c1-11(20(2)9-13-4-6-16(18)24-13)17(21)19-8-12-3-5-14-15(7-12)23-10-22-14/h3-7,11H,8-10H2,1-2H3,(H,19,21)/p+1/t11-/m1/s1. The Morgan fingerprint density at radius 1 is 1.33 bits per heavy atom. The zero-order valence-electron chi connectivity index (χ0n) is 13.6. The minimum atomic E-state index is -0.153. The summed E-state index contributed by atoms with van der Waals surface area (Å²) < 4.78 is 11.4. The van der Waals surface area contributed by atoms with Crippen LogP contribution in [0.25, 0.3) is 0 Å². The Labute approximate surface area is 150 Å². The van der Waals surface area contributed by atoms with Crippen LogP contribution in [0.4, 0.5) is 0 Å². The highest BCUT2D eigenvalue weighted by molar-refractivity contribution is 7.16. The predicted octanol–water partition coefficient (Wildman–Crippen LogP) is 1.85. The van der Waals surface area contributed by atoms with Gasteiger partial charge in [-0.2, -0.15) is 0 Å². The Balaban J connectivity index is 1.52. The SMILES string of the molecule is C[C@H](C(=O)NCc1ccc2c(c1)OCO2)[NH+](C)Cc1ccc(Cl)s1. The van der Waals surface area contributed by atoms with Crippen LogP contribution in [0, 0.1) is 0 Å². The van der Waals surface area contributed by atoms with Crippen molar-refractivity contribution >= 4 is 28.8 Å². The summed E-state index contributed by atoms with van der Waals surface area (Å²) >= 11 is 7.51. The van der Waals surface area contributed by atoms with E-state index in [0.29, 0.717) is 6.54 Å². The van der Waals surface area contributed by atoms with Gasteiger partial charge in [-0.1, -0.05) is 17.7 Å². The summed E-state index contributed by atoms with van der Waals surface area (Å²) in [4.78, 5) is 14.7. The number of hydrogen-bond acceptors (Lipinski definition) is 4. The molecule has 128 valence electrons. The summed E-state index contributed by atoms with van der Waals surface area (Å²) in [7, 11) is 2.01. The van der Waals surface area contributed by atoms with Crippen LogP contribution in [0.1, 0.15) is 17.4 Å². The van der Waals surface area contributed by atoms with E-state index in [1.807, 2.05) is 44.3 Å². The predicted molar refractivity (Wildman–Crippen MR) is 93.8 cm³/mol. The first-order valence-electron chi connectivity index (χ1n) is 7.75. The van der Waals surface area contributed by atoms with Crippen molar-refractivity contribution in [2.75, 3.05) is 13.8 Å². The van der Waals surface area contributed by atoms with Gasteiger partial charge in [-0.15, -0.1) is 11.3 Å². The number of likely N-dealkylation sites (N-methyl/N-ethyl adjacent to an activating group) is 1. The molecule has 1 aliphatic rings. The van der Waals surface area contributed by atoms with E-state index in [9.17, 15) is 4.79 Å². The molecule has 1 unspecified atom stereocenters. The quantitative estimate of drug-likeness (QED) is 0.819. The number of thiophene rings is 1. The Morgan fingerprint density at radius 2 is 2.12 bits per heavy atom. The Kier molecular flexibility index (Phi) is 5.28. The molecule has 0 fully saturated rings. The number of rotatable bonds is 6. The molecule has 1 aliphatic heterocycles. The highest BCUT2D eigenvalue weighted by atomic mass is 35.5. The van der Waals surface area contributed by atoms with Crippen LogP contribution in [-0.2, 0) is 17.9 Å². The second-order valence-electron chi connectivity index (χ2n) is 5.86. The third-order valence-corrected chi connectivity index (χ3v) is 5.35. The van der Waals surface area contributed by atoms with E-state index >= 15 is 0 Å². The summed E-state index contributed by atoms with van der Waals surface area (Å²) in [6.07, 6.45) is 0. The average Bonchev–Trinajstić information content (AvgIpc) is 3.19. The fourth-order valence-electron chi connectivity index (χ4n) is 2.49. The van der Waals surface area contributed by atoms with Crippen molar-refractivity contribution in [1.29, 1.82) is 0 Å². The molecule has 0 aliphatic carbocycles. The summed E-state index contributed by atoms with van der Waals surface area (Å²) in [5.74, 6) is 1.50. The molecule has 1 amide bonds. The van der Waals surface area contributed by atoms with E-state index in [1.54, 1.807) is 11.3 Å². The first-order valence-corrected chi connectivity index (χ1v) is 8.95. The van der Waals surface area contributed by atoms with E-state index in [0.717, 1.165) is 32.8 Å².